The lowest BCUT2D eigenvalue weighted by Gasteiger charge is -2.24. The zero-order valence-electron chi connectivity index (χ0n) is 27.8. The van der Waals surface area contributed by atoms with Crippen molar-refractivity contribution in [2.45, 2.75) is 97.1 Å². The average molecular weight is 666 g/mol. The van der Waals surface area contributed by atoms with Crippen LogP contribution >= 0.6 is 0 Å². The van der Waals surface area contributed by atoms with Gasteiger partial charge in [-0.15, -0.1) is 0 Å². The molecule has 47 heavy (non-hydrogen) atoms. The molecule has 17 nitrogen and oxygen atoms in total. The van der Waals surface area contributed by atoms with Crippen molar-refractivity contribution in [3.63, 3.8) is 0 Å². The number of ether oxygens (including phenoxy) is 3. The van der Waals surface area contributed by atoms with Crippen molar-refractivity contribution in [2.24, 2.45) is 16.5 Å². The highest BCUT2D eigenvalue weighted by Gasteiger charge is 2.28. The van der Waals surface area contributed by atoms with Gasteiger partial charge in [0.25, 0.3) is 0 Å². The molecule has 0 unspecified atom stereocenters. The van der Waals surface area contributed by atoms with Crippen molar-refractivity contribution in [2.75, 3.05) is 13.1 Å². The Morgan fingerprint density at radius 3 is 1.98 bits per heavy atom. The molecule has 262 valence electrons. The van der Waals surface area contributed by atoms with Crippen molar-refractivity contribution < 1.29 is 48.1 Å². The summed E-state index contributed by atoms with van der Waals surface area (Å²) in [5, 5.41) is 19.0. The van der Waals surface area contributed by atoms with E-state index in [4.69, 9.17) is 25.7 Å². The second kappa shape index (κ2) is 18.2. The minimum Gasteiger partial charge on any atom is -0.480 e. The number of carbonyl (C=O) groups is 6. The van der Waals surface area contributed by atoms with Crippen LogP contribution < -0.4 is 37.5 Å². The maximum absolute atomic E-state index is 13.2. The fourth-order valence-corrected chi connectivity index (χ4v) is 3.66. The number of alkyl carbamates (subject to hydrolysis) is 1. The van der Waals surface area contributed by atoms with Crippen LogP contribution in [0, 0.1) is 0 Å². The van der Waals surface area contributed by atoms with Gasteiger partial charge in [-0.25, -0.2) is 14.4 Å². The number of amides is 4. The Hall–Kier alpha value is -5.09. The zero-order valence-corrected chi connectivity index (χ0v) is 27.8. The largest absolute Gasteiger partial charge is 0.514 e. The molecule has 1 rings (SSSR count). The second-order valence-corrected chi connectivity index (χ2v) is 12.5. The standard InChI is InChI=1S/C30H47N7O10/c1-17(23(39)34-16-22(38)36-20(25(41)42)9-8-14-33-26(31)32)35-24(40)21(37-27(43)46-29(2,3)4)15-18-10-12-19(13-11-18)45-28(44)47-30(5,6)7/h10-13,17,20-21H,8-9,14-16H2,1-7H3,(H,34,39)(H,35,40)(H,36,38)(H,37,43)(H,41,42)(H4,31,32,33)/t17-,20-,21+/m0/s1. The van der Waals surface area contributed by atoms with Gasteiger partial charge in [-0.05, 0) is 79.0 Å². The van der Waals surface area contributed by atoms with Crippen LogP contribution in [-0.4, -0.2) is 89.4 Å². The van der Waals surface area contributed by atoms with Crippen molar-refractivity contribution in [1.82, 2.24) is 21.3 Å². The monoisotopic (exact) mass is 665 g/mol. The first kappa shape index (κ1) is 39.9. The first-order valence-corrected chi connectivity index (χ1v) is 14.8. The first-order chi connectivity index (χ1) is 21.6. The number of carboxylic acid groups (broad SMARTS) is 1. The van der Waals surface area contributed by atoms with E-state index in [1.54, 1.807) is 53.7 Å². The van der Waals surface area contributed by atoms with E-state index in [1.165, 1.54) is 19.1 Å². The molecular formula is C30H47N7O10. The summed E-state index contributed by atoms with van der Waals surface area (Å²) in [5.41, 5.74) is 9.43. The van der Waals surface area contributed by atoms with Crippen LogP contribution in [0.5, 0.6) is 5.75 Å². The number of carbonyl (C=O) groups excluding carboxylic acids is 5. The maximum atomic E-state index is 13.2. The first-order valence-electron chi connectivity index (χ1n) is 14.8. The number of carboxylic acids is 1. The van der Waals surface area contributed by atoms with E-state index in [9.17, 15) is 33.9 Å². The number of aliphatic carboxylic acids is 1. The third-order valence-corrected chi connectivity index (χ3v) is 5.72. The Labute approximate surface area is 273 Å². The number of nitrogens with one attached hydrogen (secondary N) is 4. The molecule has 4 amide bonds. The number of hydrogen-bond acceptors (Lipinski definition) is 10. The van der Waals surface area contributed by atoms with Gasteiger partial charge < -0.3 is 52.1 Å². The number of nitrogens with zero attached hydrogens (tertiary/aromatic N) is 1. The summed E-state index contributed by atoms with van der Waals surface area (Å²) in [6.45, 7) is 11.0. The summed E-state index contributed by atoms with van der Waals surface area (Å²) < 4.78 is 15.6. The Morgan fingerprint density at radius 1 is 0.851 bits per heavy atom. The topological polar surface area (TPSA) is 263 Å². The molecule has 3 atom stereocenters. The molecule has 0 heterocycles. The number of benzene rings is 1. The third-order valence-electron chi connectivity index (χ3n) is 5.72. The summed E-state index contributed by atoms with van der Waals surface area (Å²) in [4.78, 5) is 77.9. The van der Waals surface area contributed by atoms with Gasteiger partial charge in [-0.3, -0.25) is 19.4 Å². The molecule has 0 fully saturated rings. The Bertz CT molecular complexity index is 1280. The van der Waals surface area contributed by atoms with Crippen molar-refractivity contribution >= 4 is 41.9 Å². The van der Waals surface area contributed by atoms with E-state index in [0.717, 1.165) is 0 Å². The average Bonchev–Trinajstić information content (AvgIpc) is 2.91. The van der Waals surface area contributed by atoms with Gasteiger partial charge in [0.15, 0.2) is 5.96 Å². The number of nitrogens with two attached hydrogens (primary N) is 2. The van der Waals surface area contributed by atoms with Crippen LogP contribution in [0.25, 0.3) is 0 Å². The Morgan fingerprint density at radius 2 is 1.45 bits per heavy atom. The van der Waals surface area contributed by atoms with Crippen LogP contribution in [0.4, 0.5) is 9.59 Å². The van der Waals surface area contributed by atoms with Gasteiger partial charge in [-0.2, -0.15) is 0 Å². The molecule has 0 aromatic heterocycles. The van der Waals surface area contributed by atoms with E-state index >= 15 is 0 Å². The number of guanidine groups is 1. The Kier molecular flexibility index (Phi) is 15.4. The van der Waals surface area contributed by atoms with Gasteiger partial charge in [-0.1, -0.05) is 12.1 Å². The number of aliphatic imine (C=N–C) groups is 1. The van der Waals surface area contributed by atoms with E-state index in [2.05, 4.69) is 26.3 Å². The summed E-state index contributed by atoms with van der Waals surface area (Å²) in [6.07, 6.45) is -1.46. The molecule has 1 aromatic carbocycles. The summed E-state index contributed by atoms with van der Waals surface area (Å²) in [6, 6.07) is 2.55. The van der Waals surface area contributed by atoms with Gasteiger partial charge in [0.1, 0.15) is 35.1 Å². The SMILES string of the molecule is C[C@H](NC(=O)[C@@H](Cc1ccc(OC(=O)OC(C)(C)C)cc1)NC(=O)OC(C)(C)C)C(=O)NCC(=O)N[C@@H](CCCN=C(N)N)C(=O)O. The minimum absolute atomic E-state index is 0.0334. The molecule has 0 spiro atoms. The smallest absolute Gasteiger partial charge is 0.480 e. The van der Waals surface area contributed by atoms with Gasteiger partial charge in [0.2, 0.25) is 17.7 Å². The van der Waals surface area contributed by atoms with E-state index in [-0.39, 0.29) is 37.5 Å². The highest BCUT2D eigenvalue weighted by Crippen LogP contribution is 2.17. The van der Waals surface area contributed by atoms with Crippen LogP contribution in [0.1, 0.15) is 66.9 Å². The summed E-state index contributed by atoms with van der Waals surface area (Å²) in [7, 11) is 0. The van der Waals surface area contributed by atoms with E-state index in [1.807, 2.05) is 0 Å². The number of hydrogen-bond donors (Lipinski definition) is 7. The highest BCUT2D eigenvalue weighted by atomic mass is 16.7. The normalized spacial score (nSPS) is 13.1. The van der Waals surface area contributed by atoms with Gasteiger partial charge in [0.05, 0.1) is 6.54 Å². The molecule has 0 bridgehead atoms. The zero-order chi connectivity index (χ0) is 35.9. The molecule has 9 N–H and O–H groups in total. The summed E-state index contributed by atoms with van der Waals surface area (Å²) in [5.74, 6) is -3.47. The molecule has 0 saturated heterocycles. The lowest BCUT2D eigenvalue weighted by atomic mass is 10.0. The van der Waals surface area contributed by atoms with Crippen molar-refractivity contribution in [3.05, 3.63) is 29.8 Å². The molecule has 17 heteroatoms. The van der Waals surface area contributed by atoms with Crippen molar-refractivity contribution in [1.29, 1.82) is 0 Å². The van der Waals surface area contributed by atoms with E-state index in [0.29, 0.717) is 5.56 Å². The molecule has 0 aliphatic rings. The maximum Gasteiger partial charge on any atom is 0.514 e. The predicted molar refractivity (Wildman–Crippen MR) is 170 cm³/mol. The van der Waals surface area contributed by atoms with Crippen LogP contribution in [-0.2, 0) is 35.1 Å². The molecule has 0 aliphatic heterocycles. The quantitative estimate of drug-likeness (QED) is 0.0448. The lowest BCUT2D eigenvalue weighted by molar-refractivity contribution is -0.142. The highest BCUT2D eigenvalue weighted by molar-refractivity contribution is 5.93. The third kappa shape index (κ3) is 17.8. The fourth-order valence-electron chi connectivity index (χ4n) is 3.66. The van der Waals surface area contributed by atoms with Crippen LogP contribution in [0.2, 0.25) is 0 Å². The van der Waals surface area contributed by atoms with Crippen LogP contribution in [0.3, 0.4) is 0 Å². The molecule has 0 radical (unpaired) electrons. The van der Waals surface area contributed by atoms with Gasteiger partial charge in [0, 0.05) is 13.0 Å². The van der Waals surface area contributed by atoms with Crippen LogP contribution in [0.15, 0.2) is 29.3 Å². The van der Waals surface area contributed by atoms with Crippen molar-refractivity contribution in [3.8, 4) is 5.75 Å². The minimum atomic E-state index is -1.27. The summed E-state index contributed by atoms with van der Waals surface area (Å²) >= 11 is 0. The molecule has 1 aromatic rings. The molecular weight excluding hydrogens is 618 g/mol. The molecule has 0 aliphatic carbocycles. The number of rotatable bonds is 15. The van der Waals surface area contributed by atoms with Gasteiger partial charge >= 0.3 is 18.2 Å². The lowest BCUT2D eigenvalue weighted by Crippen LogP contribution is -2.55. The fraction of sp³-hybridized carbons (Fsp3) is 0.567. The van der Waals surface area contributed by atoms with E-state index < -0.39 is 71.8 Å². The predicted octanol–water partition coefficient (Wildman–Crippen LogP) is 0.680. The Balaban J connectivity index is 2.85. The molecule has 0 saturated carbocycles. The second-order valence-electron chi connectivity index (χ2n) is 12.5.